The molecule has 1 rings (SSSR count). The highest BCUT2D eigenvalue weighted by atomic mass is 32.1. The topological polar surface area (TPSA) is 45.6 Å². The number of ether oxygens (including phenoxy) is 1. The molecule has 1 atom stereocenters. The molecule has 0 aromatic heterocycles. The summed E-state index contributed by atoms with van der Waals surface area (Å²) in [5, 5.41) is 7.69. The molecule has 1 aromatic rings. The van der Waals surface area contributed by atoms with Crippen molar-refractivity contribution in [2.75, 3.05) is 13.7 Å². The number of hydrogen-bond donors (Lipinski definition) is 2. The second-order valence-corrected chi connectivity index (χ2v) is 4.97. The Labute approximate surface area is 120 Å². The lowest BCUT2D eigenvalue weighted by molar-refractivity contribution is 0.179. The Hall–Kier alpha value is -1.46. The Morgan fingerprint density at radius 3 is 2.84 bits per heavy atom. The predicted octanol–water partition coefficient (Wildman–Crippen LogP) is 2.14. The largest absolute Gasteiger partial charge is 0.383 e. The second-order valence-electron chi connectivity index (χ2n) is 4.56. The number of nitrogens with one attached hydrogen (secondary N) is 2. The maximum absolute atomic E-state index is 5.12. The molecule has 0 heterocycles. The van der Waals surface area contributed by atoms with E-state index in [9.17, 15) is 0 Å². The Bertz CT molecular complexity index is 460. The fraction of sp³-hybridized carbons (Fsp3) is 0.429. The van der Waals surface area contributed by atoms with Crippen LogP contribution in [0.2, 0.25) is 0 Å². The van der Waals surface area contributed by atoms with E-state index >= 15 is 0 Å². The number of nitrogens with zero attached hydrogens (tertiary/aromatic N) is 1. The number of aryl methyl sites for hydroxylation is 2. The Morgan fingerprint density at radius 1 is 1.47 bits per heavy atom. The molecule has 0 fully saturated rings. The van der Waals surface area contributed by atoms with Crippen LogP contribution >= 0.6 is 12.2 Å². The fourth-order valence-electron chi connectivity index (χ4n) is 1.68. The number of benzene rings is 1. The normalized spacial score (nSPS) is 12.4. The summed E-state index contributed by atoms with van der Waals surface area (Å²) in [4.78, 5) is 0. The van der Waals surface area contributed by atoms with E-state index in [1.165, 1.54) is 11.1 Å². The Kier molecular flexibility index (Phi) is 6.45. The van der Waals surface area contributed by atoms with Gasteiger partial charge in [-0.1, -0.05) is 23.8 Å². The van der Waals surface area contributed by atoms with Crippen molar-refractivity contribution >= 4 is 23.5 Å². The van der Waals surface area contributed by atoms with E-state index in [2.05, 4.69) is 41.8 Å². The van der Waals surface area contributed by atoms with Crippen LogP contribution in [0.4, 0.5) is 0 Å². The highest BCUT2D eigenvalue weighted by molar-refractivity contribution is 7.80. The summed E-state index contributed by atoms with van der Waals surface area (Å²) >= 11 is 5.12. The van der Waals surface area contributed by atoms with E-state index in [4.69, 9.17) is 17.0 Å². The zero-order chi connectivity index (χ0) is 14.3. The number of methoxy groups -OCH3 is 1. The maximum atomic E-state index is 5.12. The smallest absolute Gasteiger partial charge is 0.187 e. The number of hydrazone groups is 1. The summed E-state index contributed by atoms with van der Waals surface area (Å²) < 4.78 is 5.02. The van der Waals surface area contributed by atoms with Gasteiger partial charge in [-0.3, -0.25) is 5.43 Å². The molecule has 2 N–H and O–H groups in total. The molecular weight excluding hydrogens is 258 g/mol. The first-order chi connectivity index (χ1) is 9.02. The Morgan fingerprint density at radius 2 is 2.21 bits per heavy atom. The molecule has 0 saturated heterocycles. The lowest BCUT2D eigenvalue weighted by Gasteiger charge is -2.13. The minimum atomic E-state index is 0.154. The van der Waals surface area contributed by atoms with Crippen molar-refractivity contribution in [2.24, 2.45) is 5.10 Å². The van der Waals surface area contributed by atoms with Crippen LogP contribution in [0, 0.1) is 13.8 Å². The molecule has 0 aliphatic carbocycles. The van der Waals surface area contributed by atoms with Gasteiger partial charge in [0.15, 0.2) is 5.11 Å². The molecule has 0 unspecified atom stereocenters. The summed E-state index contributed by atoms with van der Waals surface area (Å²) in [6, 6.07) is 6.38. The summed E-state index contributed by atoms with van der Waals surface area (Å²) in [7, 11) is 1.66. The predicted molar refractivity (Wildman–Crippen MR) is 83.7 cm³/mol. The van der Waals surface area contributed by atoms with E-state index in [0.29, 0.717) is 11.7 Å². The number of hydrogen-bond acceptors (Lipinski definition) is 3. The van der Waals surface area contributed by atoms with Gasteiger partial charge < -0.3 is 10.1 Å². The van der Waals surface area contributed by atoms with Crippen molar-refractivity contribution in [2.45, 2.75) is 26.8 Å². The van der Waals surface area contributed by atoms with E-state index in [1.54, 1.807) is 13.3 Å². The monoisotopic (exact) mass is 279 g/mol. The van der Waals surface area contributed by atoms with Gasteiger partial charge in [0.25, 0.3) is 0 Å². The molecular formula is C14H21N3OS. The van der Waals surface area contributed by atoms with Gasteiger partial charge in [-0.05, 0) is 44.1 Å². The SMILES string of the molecule is COC[C@@H](C)NC(=S)N/N=C\c1ccc(C)cc1C. The van der Waals surface area contributed by atoms with Crippen molar-refractivity contribution < 1.29 is 4.74 Å². The molecule has 5 heteroatoms. The van der Waals surface area contributed by atoms with Crippen molar-refractivity contribution in [1.29, 1.82) is 0 Å². The Balaban J connectivity index is 2.47. The van der Waals surface area contributed by atoms with Crippen LogP contribution < -0.4 is 10.7 Å². The van der Waals surface area contributed by atoms with Gasteiger partial charge in [-0.25, -0.2) is 0 Å². The van der Waals surface area contributed by atoms with Gasteiger partial charge >= 0.3 is 0 Å². The van der Waals surface area contributed by atoms with E-state index in [0.717, 1.165) is 5.56 Å². The van der Waals surface area contributed by atoms with Crippen LogP contribution in [0.1, 0.15) is 23.6 Å². The van der Waals surface area contributed by atoms with Crippen LogP contribution in [-0.4, -0.2) is 31.1 Å². The van der Waals surface area contributed by atoms with Crippen molar-refractivity contribution in [3.63, 3.8) is 0 Å². The van der Waals surface area contributed by atoms with Gasteiger partial charge in [0.1, 0.15) is 0 Å². The summed E-state index contributed by atoms with van der Waals surface area (Å²) in [5.41, 5.74) is 6.31. The van der Waals surface area contributed by atoms with E-state index < -0.39 is 0 Å². The maximum Gasteiger partial charge on any atom is 0.187 e. The van der Waals surface area contributed by atoms with Crippen LogP contribution in [0.15, 0.2) is 23.3 Å². The van der Waals surface area contributed by atoms with Gasteiger partial charge in [0.05, 0.1) is 12.8 Å². The molecule has 0 amide bonds. The van der Waals surface area contributed by atoms with E-state index in [-0.39, 0.29) is 6.04 Å². The molecule has 0 spiro atoms. The first kappa shape index (κ1) is 15.6. The van der Waals surface area contributed by atoms with Gasteiger partial charge in [0, 0.05) is 13.2 Å². The lowest BCUT2D eigenvalue weighted by Crippen LogP contribution is -2.40. The fourth-order valence-corrected chi connectivity index (χ4v) is 1.93. The standard InChI is InChI=1S/C14H21N3OS/c1-10-5-6-13(11(2)7-10)8-15-17-14(19)16-12(3)9-18-4/h5-8,12H,9H2,1-4H3,(H2,16,17,19)/b15-8-/t12-/m1/s1. The summed E-state index contributed by atoms with van der Waals surface area (Å²) in [6.07, 6.45) is 1.77. The van der Waals surface area contributed by atoms with Crippen LogP contribution in [0.3, 0.4) is 0 Å². The third-order valence-electron chi connectivity index (χ3n) is 2.59. The minimum absolute atomic E-state index is 0.154. The average Bonchev–Trinajstić information content (AvgIpc) is 2.32. The summed E-state index contributed by atoms with van der Waals surface area (Å²) in [5.74, 6) is 0. The first-order valence-corrected chi connectivity index (χ1v) is 6.59. The van der Waals surface area contributed by atoms with Crippen molar-refractivity contribution in [3.05, 3.63) is 34.9 Å². The summed E-state index contributed by atoms with van der Waals surface area (Å²) in [6.45, 7) is 6.72. The van der Waals surface area contributed by atoms with Gasteiger partial charge in [0.2, 0.25) is 0 Å². The molecule has 0 aliphatic rings. The van der Waals surface area contributed by atoms with Crippen molar-refractivity contribution in [3.8, 4) is 0 Å². The molecule has 0 saturated carbocycles. The molecule has 0 radical (unpaired) electrons. The molecule has 4 nitrogen and oxygen atoms in total. The van der Waals surface area contributed by atoms with Gasteiger partial charge in [-0.2, -0.15) is 5.10 Å². The molecule has 19 heavy (non-hydrogen) atoms. The third kappa shape index (κ3) is 5.81. The number of thiocarbonyl (C=S) groups is 1. The quantitative estimate of drug-likeness (QED) is 0.492. The molecule has 104 valence electrons. The lowest BCUT2D eigenvalue weighted by atomic mass is 10.1. The van der Waals surface area contributed by atoms with Gasteiger partial charge in [-0.15, -0.1) is 0 Å². The minimum Gasteiger partial charge on any atom is -0.383 e. The second kappa shape index (κ2) is 7.86. The zero-order valence-electron chi connectivity index (χ0n) is 11.9. The van der Waals surface area contributed by atoms with Crippen LogP contribution in [0.25, 0.3) is 0 Å². The third-order valence-corrected chi connectivity index (χ3v) is 2.80. The molecule has 0 aliphatic heterocycles. The highest BCUT2D eigenvalue weighted by Crippen LogP contribution is 2.07. The van der Waals surface area contributed by atoms with Crippen LogP contribution in [0.5, 0.6) is 0 Å². The first-order valence-electron chi connectivity index (χ1n) is 6.18. The molecule has 1 aromatic carbocycles. The average molecular weight is 279 g/mol. The molecule has 0 bridgehead atoms. The van der Waals surface area contributed by atoms with Crippen LogP contribution in [-0.2, 0) is 4.74 Å². The number of rotatable bonds is 5. The zero-order valence-corrected chi connectivity index (χ0v) is 12.7. The highest BCUT2D eigenvalue weighted by Gasteiger charge is 2.01. The van der Waals surface area contributed by atoms with E-state index in [1.807, 2.05) is 13.0 Å². The van der Waals surface area contributed by atoms with Crippen molar-refractivity contribution in [1.82, 2.24) is 10.7 Å².